The van der Waals surface area contributed by atoms with Gasteiger partial charge in [-0.1, -0.05) is 35.1 Å². The van der Waals surface area contributed by atoms with E-state index in [1.807, 2.05) is 32.2 Å². The van der Waals surface area contributed by atoms with E-state index in [4.69, 9.17) is 11.6 Å². The number of hydrogen-bond donors (Lipinski definition) is 1. The minimum Gasteiger partial charge on any atom is -0.311 e. The van der Waals surface area contributed by atoms with Crippen molar-refractivity contribution in [2.45, 2.75) is 19.9 Å². The molecule has 5 heteroatoms. The van der Waals surface area contributed by atoms with E-state index in [0.717, 1.165) is 26.2 Å². The predicted molar refractivity (Wildman–Crippen MR) is 72.6 cm³/mol. The molecule has 3 nitrogen and oxygen atoms in total. The van der Waals surface area contributed by atoms with Crippen molar-refractivity contribution >= 4 is 22.9 Å². The Hall–Kier alpha value is -0.970. The Balaban J connectivity index is 2.33. The summed E-state index contributed by atoms with van der Waals surface area (Å²) in [6.45, 7) is 4.05. The summed E-state index contributed by atoms with van der Waals surface area (Å²) < 4.78 is 0. The lowest BCUT2D eigenvalue weighted by Crippen LogP contribution is -2.11. The fraction of sp³-hybridized carbons (Fsp3) is 0.333. The van der Waals surface area contributed by atoms with Gasteiger partial charge in [-0.25, -0.2) is 0 Å². The Kier molecular flexibility index (Phi) is 3.76. The second-order valence-corrected chi connectivity index (χ2v) is 5.34. The molecule has 2 aromatic rings. The molecule has 1 atom stereocenters. The van der Waals surface area contributed by atoms with Crippen molar-refractivity contribution in [3.8, 4) is 10.6 Å². The second kappa shape index (κ2) is 5.12. The predicted octanol–water partition coefficient (Wildman–Crippen LogP) is 3.45. The van der Waals surface area contributed by atoms with Gasteiger partial charge in [0.1, 0.15) is 10.0 Å². The van der Waals surface area contributed by atoms with E-state index in [0.29, 0.717) is 0 Å². The van der Waals surface area contributed by atoms with Crippen LogP contribution in [-0.4, -0.2) is 17.2 Å². The van der Waals surface area contributed by atoms with Gasteiger partial charge >= 0.3 is 0 Å². The zero-order chi connectivity index (χ0) is 12.4. The number of aromatic nitrogens is 2. The summed E-state index contributed by atoms with van der Waals surface area (Å²) >= 11 is 7.69. The van der Waals surface area contributed by atoms with Crippen LogP contribution in [0.1, 0.15) is 23.5 Å². The van der Waals surface area contributed by atoms with Crippen LogP contribution in [0, 0.1) is 6.92 Å². The van der Waals surface area contributed by atoms with Crippen molar-refractivity contribution in [2.24, 2.45) is 0 Å². The van der Waals surface area contributed by atoms with Crippen LogP contribution in [0.3, 0.4) is 0 Å². The van der Waals surface area contributed by atoms with Crippen LogP contribution in [0.2, 0.25) is 5.02 Å². The Morgan fingerprint density at radius 2 is 2.12 bits per heavy atom. The fourth-order valence-corrected chi connectivity index (χ4v) is 2.46. The lowest BCUT2D eigenvalue weighted by molar-refractivity contribution is 0.640. The summed E-state index contributed by atoms with van der Waals surface area (Å²) in [5, 5.41) is 14.2. The van der Waals surface area contributed by atoms with Crippen molar-refractivity contribution in [3.63, 3.8) is 0 Å². The van der Waals surface area contributed by atoms with E-state index in [2.05, 4.69) is 22.4 Å². The Morgan fingerprint density at radius 3 is 2.76 bits per heavy atom. The average molecular weight is 268 g/mol. The number of benzene rings is 1. The first-order valence-corrected chi connectivity index (χ1v) is 6.58. The summed E-state index contributed by atoms with van der Waals surface area (Å²) in [7, 11) is 1.91. The van der Waals surface area contributed by atoms with Gasteiger partial charge in [-0.3, -0.25) is 0 Å². The molecule has 17 heavy (non-hydrogen) atoms. The molecule has 0 bridgehead atoms. The van der Waals surface area contributed by atoms with Crippen LogP contribution >= 0.6 is 22.9 Å². The highest BCUT2D eigenvalue weighted by molar-refractivity contribution is 7.14. The summed E-state index contributed by atoms with van der Waals surface area (Å²) in [4.78, 5) is 0. The summed E-state index contributed by atoms with van der Waals surface area (Å²) in [6, 6.07) is 6.18. The number of rotatable bonds is 3. The molecule has 90 valence electrons. The lowest BCUT2D eigenvalue weighted by Gasteiger charge is -2.03. The fourth-order valence-electron chi connectivity index (χ4n) is 1.38. The van der Waals surface area contributed by atoms with Crippen molar-refractivity contribution in [2.75, 3.05) is 7.05 Å². The molecule has 0 saturated heterocycles. The number of hydrogen-bond acceptors (Lipinski definition) is 4. The van der Waals surface area contributed by atoms with Crippen LogP contribution in [0.15, 0.2) is 18.2 Å². The molecule has 1 aromatic heterocycles. The SMILES string of the molecule is CNC(C)c1nnc(-c2ccc(C)c(Cl)c2)s1. The molecule has 0 fully saturated rings. The van der Waals surface area contributed by atoms with Gasteiger partial charge in [0, 0.05) is 10.6 Å². The van der Waals surface area contributed by atoms with Gasteiger partial charge in [-0.15, -0.1) is 10.2 Å². The molecule has 0 aliphatic rings. The van der Waals surface area contributed by atoms with Gasteiger partial charge in [0.25, 0.3) is 0 Å². The van der Waals surface area contributed by atoms with Gasteiger partial charge in [0.05, 0.1) is 6.04 Å². The molecule has 0 amide bonds. The highest BCUT2D eigenvalue weighted by Crippen LogP contribution is 2.29. The highest BCUT2D eigenvalue weighted by Gasteiger charge is 2.11. The molecule has 0 saturated carbocycles. The van der Waals surface area contributed by atoms with Gasteiger partial charge < -0.3 is 5.32 Å². The van der Waals surface area contributed by atoms with Crippen molar-refractivity contribution in [3.05, 3.63) is 33.8 Å². The lowest BCUT2D eigenvalue weighted by atomic mass is 10.2. The van der Waals surface area contributed by atoms with E-state index >= 15 is 0 Å². The zero-order valence-electron chi connectivity index (χ0n) is 9.99. The maximum absolute atomic E-state index is 6.10. The molecule has 1 aromatic carbocycles. The first kappa shape index (κ1) is 12.5. The average Bonchev–Trinajstić information content (AvgIpc) is 2.81. The van der Waals surface area contributed by atoms with E-state index in [1.54, 1.807) is 11.3 Å². The minimum absolute atomic E-state index is 0.224. The van der Waals surface area contributed by atoms with Crippen LogP contribution in [0.5, 0.6) is 0 Å². The van der Waals surface area contributed by atoms with Crippen molar-refractivity contribution in [1.82, 2.24) is 15.5 Å². The standard InChI is InChI=1S/C12H14ClN3S/c1-7-4-5-9(6-10(7)13)12-16-15-11(17-12)8(2)14-3/h4-6,8,14H,1-3H3. The molecule has 0 spiro atoms. The summed E-state index contributed by atoms with van der Waals surface area (Å²) in [5.74, 6) is 0. The molecular formula is C12H14ClN3S. The number of aryl methyl sites for hydroxylation is 1. The number of halogens is 1. The highest BCUT2D eigenvalue weighted by atomic mass is 35.5. The molecule has 1 N–H and O–H groups in total. The van der Waals surface area contributed by atoms with Gasteiger partial charge in [-0.05, 0) is 32.5 Å². The van der Waals surface area contributed by atoms with Crippen LogP contribution in [-0.2, 0) is 0 Å². The van der Waals surface area contributed by atoms with E-state index in [-0.39, 0.29) is 6.04 Å². The topological polar surface area (TPSA) is 37.8 Å². The molecule has 0 aliphatic carbocycles. The van der Waals surface area contributed by atoms with E-state index in [1.165, 1.54) is 0 Å². The largest absolute Gasteiger partial charge is 0.311 e. The maximum Gasteiger partial charge on any atom is 0.147 e. The third-order valence-electron chi connectivity index (χ3n) is 2.66. The molecule has 0 aliphatic heterocycles. The minimum atomic E-state index is 0.224. The normalized spacial score (nSPS) is 12.7. The quantitative estimate of drug-likeness (QED) is 0.926. The monoisotopic (exact) mass is 267 g/mol. The summed E-state index contributed by atoms with van der Waals surface area (Å²) in [6.07, 6.45) is 0. The van der Waals surface area contributed by atoms with E-state index in [9.17, 15) is 0 Å². The Morgan fingerprint density at radius 1 is 1.35 bits per heavy atom. The van der Waals surface area contributed by atoms with Gasteiger partial charge in [0.15, 0.2) is 0 Å². The van der Waals surface area contributed by atoms with E-state index < -0.39 is 0 Å². The molecule has 1 unspecified atom stereocenters. The van der Waals surface area contributed by atoms with Crippen molar-refractivity contribution in [1.29, 1.82) is 0 Å². The Labute approximate surface area is 110 Å². The molecular weight excluding hydrogens is 254 g/mol. The van der Waals surface area contributed by atoms with Crippen LogP contribution < -0.4 is 5.32 Å². The molecule has 1 heterocycles. The van der Waals surface area contributed by atoms with Crippen LogP contribution in [0.25, 0.3) is 10.6 Å². The molecule has 2 rings (SSSR count). The van der Waals surface area contributed by atoms with Crippen molar-refractivity contribution < 1.29 is 0 Å². The molecule has 0 radical (unpaired) electrons. The third-order valence-corrected chi connectivity index (χ3v) is 4.23. The maximum atomic E-state index is 6.10. The van der Waals surface area contributed by atoms with Crippen LogP contribution in [0.4, 0.5) is 0 Å². The Bertz CT molecular complexity index is 524. The smallest absolute Gasteiger partial charge is 0.147 e. The zero-order valence-corrected chi connectivity index (χ0v) is 11.6. The first-order chi connectivity index (χ1) is 8.11. The number of nitrogens with zero attached hydrogens (tertiary/aromatic N) is 2. The first-order valence-electron chi connectivity index (χ1n) is 5.39. The number of nitrogens with one attached hydrogen (secondary N) is 1. The third kappa shape index (κ3) is 2.65. The van der Waals surface area contributed by atoms with Gasteiger partial charge in [0.2, 0.25) is 0 Å². The van der Waals surface area contributed by atoms with Gasteiger partial charge in [-0.2, -0.15) is 0 Å². The second-order valence-electron chi connectivity index (χ2n) is 3.92. The summed E-state index contributed by atoms with van der Waals surface area (Å²) in [5.41, 5.74) is 2.09.